The van der Waals surface area contributed by atoms with Gasteiger partial charge < -0.3 is 9.47 Å². The summed E-state index contributed by atoms with van der Waals surface area (Å²) in [6, 6.07) is 15.8. The van der Waals surface area contributed by atoms with Crippen LogP contribution in [0.25, 0.3) is 16.5 Å². The van der Waals surface area contributed by atoms with Gasteiger partial charge in [-0.1, -0.05) is 30.8 Å². The fraction of sp³-hybridized carbons (Fsp3) is 0.250. The normalized spacial score (nSPS) is 10.6. The smallest absolute Gasteiger partial charge is 0.243 e. The molecule has 2 N–H and O–H groups in total. The predicted molar refractivity (Wildman–Crippen MR) is 117 cm³/mol. The molecule has 0 spiro atoms. The molecule has 6 heteroatoms. The number of carbonyl (C=O) groups excluding carboxylic acids is 1. The van der Waals surface area contributed by atoms with Gasteiger partial charge in [-0.15, -0.1) is 0 Å². The van der Waals surface area contributed by atoms with Crippen molar-refractivity contribution in [2.75, 3.05) is 13.7 Å². The molecule has 1 heterocycles. The molecule has 3 rings (SSSR count). The number of fused-ring (bicyclic) bond motifs is 1. The standard InChI is InChI=1S/C24H26N2O4/c1-16-14-20(19-8-4-5-9-21(19)25-16)17(2)18-11-12-22(29-3)23(15-18)30-13-7-6-10-24(27)26-28/h4-5,8-9,11-12,14-15,28H,2,6-7,10,13H2,1,3H3,(H,26,27). The zero-order valence-electron chi connectivity index (χ0n) is 17.3. The second kappa shape index (κ2) is 9.89. The highest BCUT2D eigenvalue weighted by atomic mass is 16.5. The Bertz CT molecular complexity index is 1060. The van der Waals surface area contributed by atoms with Crippen molar-refractivity contribution in [2.45, 2.75) is 26.2 Å². The highest BCUT2D eigenvalue weighted by molar-refractivity contribution is 5.95. The fourth-order valence-corrected chi connectivity index (χ4v) is 3.32. The maximum atomic E-state index is 11.1. The zero-order valence-corrected chi connectivity index (χ0v) is 17.3. The minimum Gasteiger partial charge on any atom is -0.493 e. The molecule has 6 nitrogen and oxygen atoms in total. The van der Waals surface area contributed by atoms with Crippen LogP contribution < -0.4 is 15.0 Å². The van der Waals surface area contributed by atoms with Crippen LogP contribution in [0.5, 0.6) is 11.5 Å². The van der Waals surface area contributed by atoms with E-state index in [0.29, 0.717) is 30.9 Å². The van der Waals surface area contributed by atoms with Crippen molar-refractivity contribution >= 4 is 22.4 Å². The van der Waals surface area contributed by atoms with E-state index in [0.717, 1.165) is 33.3 Å². The molecule has 2 aromatic carbocycles. The molecule has 1 aromatic heterocycles. The average molecular weight is 406 g/mol. The second-order valence-corrected chi connectivity index (χ2v) is 7.01. The Labute approximate surface area is 176 Å². The molecule has 0 radical (unpaired) electrons. The van der Waals surface area contributed by atoms with E-state index in [4.69, 9.17) is 14.7 Å². The van der Waals surface area contributed by atoms with Crippen LogP contribution in [0, 0.1) is 6.92 Å². The van der Waals surface area contributed by atoms with Crippen molar-refractivity contribution in [3.8, 4) is 11.5 Å². The molecule has 0 aliphatic heterocycles. The van der Waals surface area contributed by atoms with Crippen molar-refractivity contribution in [2.24, 2.45) is 0 Å². The molecule has 0 unspecified atom stereocenters. The summed E-state index contributed by atoms with van der Waals surface area (Å²) in [6.07, 6.45) is 1.54. The van der Waals surface area contributed by atoms with Crippen LogP contribution in [0.15, 0.2) is 55.1 Å². The van der Waals surface area contributed by atoms with E-state index < -0.39 is 5.91 Å². The first-order valence-electron chi connectivity index (χ1n) is 9.83. The molecule has 0 saturated carbocycles. The van der Waals surface area contributed by atoms with Crippen molar-refractivity contribution in [1.82, 2.24) is 10.5 Å². The number of methoxy groups -OCH3 is 1. The average Bonchev–Trinajstić information content (AvgIpc) is 2.77. The number of nitrogens with zero attached hydrogens (tertiary/aromatic N) is 1. The van der Waals surface area contributed by atoms with Crippen molar-refractivity contribution < 1.29 is 19.5 Å². The van der Waals surface area contributed by atoms with Gasteiger partial charge in [0.15, 0.2) is 11.5 Å². The maximum absolute atomic E-state index is 11.1. The lowest BCUT2D eigenvalue weighted by molar-refractivity contribution is -0.129. The van der Waals surface area contributed by atoms with E-state index in [2.05, 4.69) is 11.6 Å². The van der Waals surface area contributed by atoms with Crippen molar-refractivity contribution in [3.63, 3.8) is 0 Å². The summed E-state index contributed by atoms with van der Waals surface area (Å²) < 4.78 is 11.3. The lowest BCUT2D eigenvalue weighted by atomic mass is 9.95. The molecular weight excluding hydrogens is 380 g/mol. The number of hydrogen-bond donors (Lipinski definition) is 2. The van der Waals surface area contributed by atoms with Crippen LogP contribution in [0.4, 0.5) is 0 Å². The highest BCUT2D eigenvalue weighted by Crippen LogP contribution is 2.34. The number of aryl methyl sites for hydroxylation is 1. The number of amides is 1. The van der Waals surface area contributed by atoms with Gasteiger partial charge in [0.2, 0.25) is 5.91 Å². The quantitative estimate of drug-likeness (QED) is 0.307. The first-order chi connectivity index (χ1) is 14.5. The topological polar surface area (TPSA) is 80.7 Å². The molecule has 3 aromatic rings. The van der Waals surface area contributed by atoms with E-state index in [-0.39, 0.29) is 6.42 Å². The largest absolute Gasteiger partial charge is 0.493 e. The number of rotatable bonds is 9. The Morgan fingerprint density at radius 3 is 2.70 bits per heavy atom. The van der Waals surface area contributed by atoms with E-state index >= 15 is 0 Å². The number of para-hydroxylation sites is 1. The fourth-order valence-electron chi connectivity index (χ4n) is 3.32. The molecule has 156 valence electrons. The van der Waals surface area contributed by atoms with E-state index in [1.807, 2.05) is 55.5 Å². The maximum Gasteiger partial charge on any atom is 0.243 e. The second-order valence-electron chi connectivity index (χ2n) is 7.01. The van der Waals surface area contributed by atoms with Gasteiger partial charge in [0.25, 0.3) is 0 Å². The van der Waals surface area contributed by atoms with Gasteiger partial charge in [0.1, 0.15) is 0 Å². The molecule has 0 atom stereocenters. The first kappa shape index (κ1) is 21.3. The lowest BCUT2D eigenvalue weighted by Crippen LogP contribution is -2.18. The monoisotopic (exact) mass is 406 g/mol. The molecule has 0 fully saturated rings. The van der Waals surface area contributed by atoms with Gasteiger partial charge >= 0.3 is 0 Å². The SMILES string of the molecule is C=C(c1ccc(OC)c(OCCCCC(=O)NO)c1)c1cc(C)nc2ccccc12. The van der Waals surface area contributed by atoms with E-state index in [1.165, 1.54) is 0 Å². The van der Waals surface area contributed by atoms with Gasteiger partial charge in [0.05, 0.1) is 19.2 Å². The van der Waals surface area contributed by atoms with Crippen LogP contribution in [0.2, 0.25) is 0 Å². The number of hydroxylamine groups is 1. The van der Waals surface area contributed by atoms with Crippen LogP contribution >= 0.6 is 0 Å². The Hall–Kier alpha value is -3.38. The van der Waals surface area contributed by atoms with Crippen molar-refractivity contribution in [3.05, 3.63) is 71.9 Å². The molecule has 0 aliphatic rings. The molecule has 30 heavy (non-hydrogen) atoms. The minimum absolute atomic E-state index is 0.252. The summed E-state index contributed by atoms with van der Waals surface area (Å²) in [5.41, 5.74) is 6.34. The third kappa shape index (κ3) is 4.96. The molecular formula is C24H26N2O4. The third-order valence-electron chi connectivity index (χ3n) is 4.86. The van der Waals surface area contributed by atoms with Gasteiger partial charge in [0, 0.05) is 17.5 Å². The van der Waals surface area contributed by atoms with Gasteiger partial charge in [-0.05, 0) is 60.7 Å². The van der Waals surface area contributed by atoms with Gasteiger partial charge in [-0.25, -0.2) is 5.48 Å². The summed E-state index contributed by atoms with van der Waals surface area (Å²) in [6.45, 7) is 6.74. The molecule has 1 amide bonds. The van der Waals surface area contributed by atoms with Gasteiger partial charge in [-0.3, -0.25) is 15.0 Å². The zero-order chi connectivity index (χ0) is 21.5. The number of carbonyl (C=O) groups is 1. The number of hydrogen-bond acceptors (Lipinski definition) is 5. The summed E-state index contributed by atoms with van der Waals surface area (Å²) in [4.78, 5) is 15.7. The summed E-state index contributed by atoms with van der Waals surface area (Å²) >= 11 is 0. The Balaban J connectivity index is 1.81. The van der Waals surface area contributed by atoms with Gasteiger partial charge in [-0.2, -0.15) is 0 Å². The Morgan fingerprint density at radius 1 is 1.13 bits per heavy atom. The number of unbranched alkanes of at least 4 members (excludes halogenated alkanes) is 1. The summed E-state index contributed by atoms with van der Waals surface area (Å²) in [5, 5.41) is 9.59. The lowest BCUT2D eigenvalue weighted by Gasteiger charge is -2.15. The number of ether oxygens (including phenoxy) is 2. The first-order valence-corrected chi connectivity index (χ1v) is 9.83. The predicted octanol–water partition coefficient (Wildman–Crippen LogP) is 4.67. The Kier molecular flexibility index (Phi) is 7.03. The number of benzene rings is 2. The van der Waals surface area contributed by atoms with E-state index in [1.54, 1.807) is 12.6 Å². The van der Waals surface area contributed by atoms with Crippen LogP contribution in [-0.4, -0.2) is 29.8 Å². The summed E-state index contributed by atoms with van der Waals surface area (Å²) in [5.74, 6) is 0.860. The summed E-state index contributed by atoms with van der Waals surface area (Å²) in [7, 11) is 1.60. The third-order valence-corrected chi connectivity index (χ3v) is 4.86. The molecule has 0 saturated heterocycles. The number of nitrogens with one attached hydrogen (secondary N) is 1. The Morgan fingerprint density at radius 2 is 1.93 bits per heavy atom. The molecule has 0 bridgehead atoms. The number of aromatic nitrogens is 1. The van der Waals surface area contributed by atoms with Crippen LogP contribution in [0.3, 0.4) is 0 Å². The molecule has 0 aliphatic carbocycles. The highest BCUT2D eigenvalue weighted by Gasteiger charge is 2.12. The van der Waals surface area contributed by atoms with Crippen LogP contribution in [-0.2, 0) is 4.79 Å². The number of pyridine rings is 1. The van der Waals surface area contributed by atoms with Crippen LogP contribution in [0.1, 0.15) is 36.1 Å². The minimum atomic E-state index is -0.397. The van der Waals surface area contributed by atoms with E-state index in [9.17, 15) is 4.79 Å². The van der Waals surface area contributed by atoms with Crippen molar-refractivity contribution in [1.29, 1.82) is 0 Å².